The van der Waals surface area contributed by atoms with Gasteiger partial charge in [0, 0.05) is 29.6 Å². The lowest BCUT2D eigenvalue weighted by molar-refractivity contribution is -0.140. The summed E-state index contributed by atoms with van der Waals surface area (Å²) in [7, 11) is -3.85. The molecule has 7 nitrogen and oxygen atoms in total. The van der Waals surface area contributed by atoms with Gasteiger partial charge in [-0.1, -0.05) is 79.0 Å². The van der Waals surface area contributed by atoms with Crippen molar-refractivity contribution in [2.45, 2.75) is 52.6 Å². The van der Waals surface area contributed by atoms with E-state index in [0.717, 1.165) is 40.1 Å². The lowest BCUT2D eigenvalue weighted by Gasteiger charge is -2.34. The van der Waals surface area contributed by atoms with Crippen LogP contribution in [0.15, 0.2) is 66.7 Å². The van der Waals surface area contributed by atoms with Crippen LogP contribution in [-0.2, 0) is 32.6 Å². The van der Waals surface area contributed by atoms with Crippen molar-refractivity contribution in [1.82, 2.24) is 10.2 Å². The number of sulfonamides is 1. The third-order valence-electron chi connectivity index (χ3n) is 6.63. The first-order chi connectivity index (χ1) is 19.4. The highest BCUT2D eigenvalue weighted by Gasteiger charge is 2.33. The van der Waals surface area contributed by atoms with E-state index in [-0.39, 0.29) is 18.9 Å². The molecule has 220 valence electrons. The molecular formula is C31H37Cl2N3O4S. The molecule has 3 rings (SSSR count). The van der Waals surface area contributed by atoms with Gasteiger partial charge in [-0.3, -0.25) is 13.9 Å². The summed E-state index contributed by atoms with van der Waals surface area (Å²) in [5.74, 6) is -0.856. The number of aryl methyl sites for hydroxylation is 2. The molecule has 0 radical (unpaired) electrons. The Morgan fingerprint density at radius 2 is 1.61 bits per heavy atom. The fourth-order valence-corrected chi connectivity index (χ4v) is 5.90. The van der Waals surface area contributed by atoms with Crippen molar-refractivity contribution in [3.8, 4) is 0 Å². The number of hydrogen-bond donors (Lipinski definition) is 1. The van der Waals surface area contributed by atoms with Gasteiger partial charge in [0.05, 0.1) is 11.9 Å². The predicted octanol–water partition coefficient (Wildman–Crippen LogP) is 5.93. The van der Waals surface area contributed by atoms with Gasteiger partial charge in [-0.25, -0.2) is 8.42 Å². The van der Waals surface area contributed by atoms with Crippen LogP contribution in [0.1, 0.15) is 42.0 Å². The molecule has 1 unspecified atom stereocenters. The van der Waals surface area contributed by atoms with Crippen LogP contribution in [-0.4, -0.2) is 50.5 Å². The molecule has 1 N–H and O–H groups in total. The number of anilines is 1. The van der Waals surface area contributed by atoms with Gasteiger partial charge in [0.15, 0.2) is 0 Å². The summed E-state index contributed by atoms with van der Waals surface area (Å²) in [5, 5.41) is 3.74. The Balaban J connectivity index is 2.08. The third-order valence-corrected chi connectivity index (χ3v) is 8.36. The number of hydrogen-bond acceptors (Lipinski definition) is 4. The number of carbonyl (C=O) groups is 2. The second-order valence-electron chi connectivity index (χ2n) is 10.2. The second-order valence-corrected chi connectivity index (χ2v) is 13.0. The maximum atomic E-state index is 14.2. The predicted molar refractivity (Wildman–Crippen MR) is 167 cm³/mol. The lowest BCUT2D eigenvalue weighted by Crippen LogP contribution is -2.53. The smallest absolute Gasteiger partial charge is 0.244 e. The highest BCUT2D eigenvalue weighted by molar-refractivity contribution is 7.92. The number of amides is 2. The standard InChI is InChI=1S/C31H37Cl2N3O4S/c1-5-6-14-34-31(38)29(18-24-10-8-7-9-11-24)35(20-25-12-13-26(32)19-28(25)33)30(37)21-36(41(4,39)40)27-16-22(2)15-23(3)17-27/h7-13,15-17,19,29H,5-6,14,18,20-21H2,1-4H3,(H,34,38). The van der Waals surface area contributed by atoms with E-state index in [1.54, 1.807) is 30.3 Å². The summed E-state index contributed by atoms with van der Waals surface area (Å²) >= 11 is 12.6. The molecule has 0 spiro atoms. The van der Waals surface area contributed by atoms with Gasteiger partial charge in [0.25, 0.3) is 0 Å². The SMILES string of the molecule is CCCCNC(=O)C(Cc1ccccc1)N(Cc1ccc(Cl)cc1Cl)C(=O)CN(c1cc(C)cc(C)c1)S(C)(=O)=O. The molecule has 3 aromatic carbocycles. The molecule has 3 aromatic rings. The Bertz CT molecular complexity index is 1450. The first kappa shape index (κ1) is 32.4. The highest BCUT2D eigenvalue weighted by atomic mass is 35.5. The summed E-state index contributed by atoms with van der Waals surface area (Å²) in [6.07, 6.45) is 2.98. The van der Waals surface area contributed by atoms with E-state index in [1.165, 1.54) is 4.90 Å². The first-order valence-electron chi connectivity index (χ1n) is 13.5. The molecule has 10 heteroatoms. The Labute approximate surface area is 253 Å². The van der Waals surface area contributed by atoms with Crippen molar-refractivity contribution in [1.29, 1.82) is 0 Å². The summed E-state index contributed by atoms with van der Waals surface area (Å²) < 4.78 is 27.0. The van der Waals surface area contributed by atoms with E-state index in [2.05, 4.69) is 5.32 Å². The fourth-order valence-electron chi connectivity index (χ4n) is 4.60. The molecule has 0 saturated heterocycles. The number of nitrogens with zero attached hydrogens (tertiary/aromatic N) is 2. The molecule has 0 fully saturated rings. The van der Waals surface area contributed by atoms with E-state index in [4.69, 9.17) is 23.2 Å². The van der Waals surface area contributed by atoms with Gasteiger partial charge < -0.3 is 10.2 Å². The van der Waals surface area contributed by atoms with Crippen LogP contribution in [0.3, 0.4) is 0 Å². The Kier molecular flexibility index (Phi) is 11.6. The zero-order chi connectivity index (χ0) is 30.2. The fraction of sp³-hybridized carbons (Fsp3) is 0.355. The van der Waals surface area contributed by atoms with E-state index in [1.807, 2.05) is 57.2 Å². The number of halogens is 2. The van der Waals surface area contributed by atoms with E-state index < -0.39 is 28.5 Å². The van der Waals surface area contributed by atoms with Crippen LogP contribution in [0.4, 0.5) is 5.69 Å². The minimum absolute atomic E-state index is 0.0159. The van der Waals surface area contributed by atoms with Crippen LogP contribution < -0.4 is 9.62 Å². The van der Waals surface area contributed by atoms with Crippen LogP contribution in [0.5, 0.6) is 0 Å². The zero-order valence-electron chi connectivity index (χ0n) is 23.9. The minimum Gasteiger partial charge on any atom is -0.354 e. The normalized spacial score (nSPS) is 12.0. The van der Waals surface area contributed by atoms with E-state index >= 15 is 0 Å². The number of carbonyl (C=O) groups excluding carboxylic acids is 2. The Morgan fingerprint density at radius 1 is 0.951 bits per heavy atom. The van der Waals surface area contributed by atoms with Gasteiger partial charge in [-0.05, 0) is 66.8 Å². The lowest BCUT2D eigenvalue weighted by atomic mass is 10.0. The molecule has 41 heavy (non-hydrogen) atoms. The van der Waals surface area contributed by atoms with Gasteiger partial charge >= 0.3 is 0 Å². The van der Waals surface area contributed by atoms with Gasteiger partial charge in [0.2, 0.25) is 21.8 Å². The maximum Gasteiger partial charge on any atom is 0.244 e. The summed E-state index contributed by atoms with van der Waals surface area (Å²) in [4.78, 5) is 29.2. The number of nitrogens with one attached hydrogen (secondary N) is 1. The molecular weight excluding hydrogens is 581 g/mol. The van der Waals surface area contributed by atoms with Crippen LogP contribution in [0.25, 0.3) is 0 Å². The van der Waals surface area contributed by atoms with Gasteiger partial charge in [-0.2, -0.15) is 0 Å². The van der Waals surface area contributed by atoms with Crippen LogP contribution >= 0.6 is 23.2 Å². The molecule has 0 aliphatic rings. The number of benzene rings is 3. The molecule has 0 aliphatic heterocycles. The van der Waals surface area contributed by atoms with Crippen LogP contribution in [0, 0.1) is 13.8 Å². The van der Waals surface area contributed by atoms with Crippen molar-refractivity contribution in [2.24, 2.45) is 0 Å². The summed E-state index contributed by atoms with van der Waals surface area (Å²) in [6.45, 7) is 5.72. The molecule has 0 aromatic heterocycles. The second kappa shape index (κ2) is 14.7. The largest absolute Gasteiger partial charge is 0.354 e. The van der Waals surface area contributed by atoms with Crippen molar-refractivity contribution in [2.75, 3.05) is 23.7 Å². The van der Waals surface area contributed by atoms with Gasteiger partial charge in [0.1, 0.15) is 12.6 Å². The van der Waals surface area contributed by atoms with Crippen LogP contribution in [0.2, 0.25) is 10.0 Å². The molecule has 0 bridgehead atoms. The summed E-state index contributed by atoms with van der Waals surface area (Å²) in [6, 6.07) is 18.8. The third kappa shape index (κ3) is 9.48. The average molecular weight is 619 g/mol. The molecule has 1 atom stereocenters. The zero-order valence-corrected chi connectivity index (χ0v) is 26.2. The molecule has 0 heterocycles. The Hall–Kier alpha value is -3.07. The first-order valence-corrected chi connectivity index (χ1v) is 16.1. The monoisotopic (exact) mass is 617 g/mol. The highest BCUT2D eigenvalue weighted by Crippen LogP contribution is 2.26. The molecule has 2 amide bonds. The molecule has 0 saturated carbocycles. The van der Waals surface area contributed by atoms with Gasteiger partial charge in [-0.15, -0.1) is 0 Å². The van der Waals surface area contributed by atoms with E-state index in [9.17, 15) is 18.0 Å². The minimum atomic E-state index is -3.85. The average Bonchev–Trinajstić information content (AvgIpc) is 2.89. The number of unbranched alkanes of at least 4 members (excludes halogenated alkanes) is 1. The number of rotatable bonds is 13. The summed E-state index contributed by atoms with van der Waals surface area (Å²) in [5.41, 5.74) is 3.56. The maximum absolute atomic E-state index is 14.2. The van der Waals surface area contributed by atoms with Crippen molar-refractivity contribution in [3.63, 3.8) is 0 Å². The quantitative estimate of drug-likeness (QED) is 0.241. The Morgan fingerprint density at radius 3 is 2.20 bits per heavy atom. The van der Waals surface area contributed by atoms with Crippen molar-refractivity contribution in [3.05, 3.63) is 99.0 Å². The topological polar surface area (TPSA) is 86.8 Å². The van der Waals surface area contributed by atoms with E-state index in [0.29, 0.717) is 27.8 Å². The van der Waals surface area contributed by atoms with Crippen molar-refractivity contribution >= 4 is 50.7 Å². The van der Waals surface area contributed by atoms with Crippen molar-refractivity contribution < 1.29 is 18.0 Å². The molecule has 0 aliphatic carbocycles.